The highest BCUT2D eigenvalue weighted by Gasteiger charge is 2.46. The Morgan fingerprint density at radius 3 is 2.82 bits per heavy atom. The number of imidazole rings is 1. The van der Waals surface area contributed by atoms with E-state index < -0.39 is 36.6 Å². The highest BCUT2D eigenvalue weighted by atomic mass is 32.2. The standard InChI is InChI=1S/C15H20N6O6S/c1-28(3-2-7(20-26)15(24)25)4-8-10(22)11(23)14(27-8)21-6-19-9-12(16)17-5-18-13(9)21/h5-8,10-11,14,22-23H,2-4H2,1H3,(H2-,16,17,18,24,25)/p+1/t7-,8+,10+,11+,14+,28?/m0/s1. The molecule has 1 fully saturated rings. The molecule has 13 heteroatoms. The molecular weight excluding hydrogens is 392 g/mol. The normalized spacial score (nSPS) is 27.0. The van der Waals surface area contributed by atoms with Crippen molar-refractivity contribution in [3.8, 4) is 0 Å². The topological polar surface area (TPSA) is 186 Å². The summed E-state index contributed by atoms with van der Waals surface area (Å²) in [6, 6.07) is -1.29. The maximum atomic E-state index is 10.9. The molecule has 1 aliphatic rings. The van der Waals surface area contributed by atoms with Crippen molar-refractivity contribution >= 4 is 33.8 Å². The monoisotopic (exact) mass is 413 g/mol. The van der Waals surface area contributed by atoms with Crippen LogP contribution in [0.5, 0.6) is 0 Å². The van der Waals surface area contributed by atoms with Gasteiger partial charge < -0.3 is 25.8 Å². The summed E-state index contributed by atoms with van der Waals surface area (Å²) < 4.78 is 7.35. The molecule has 5 N–H and O–H groups in total. The van der Waals surface area contributed by atoms with Gasteiger partial charge in [-0.25, -0.2) is 19.7 Å². The van der Waals surface area contributed by atoms with Gasteiger partial charge >= 0.3 is 5.97 Å². The fourth-order valence-electron chi connectivity index (χ4n) is 3.05. The van der Waals surface area contributed by atoms with E-state index in [0.29, 0.717) is 22.7 Å². The number of hydrogen-bond donors (Lipinski definition) is 4. The van der Waals surface area contributed by atoms with E-state index in [2.05, 4.69) is 20.1 Å². The van der Waals surface area contributed by atoms with Gasteiger partial charge in [-0.2, -0.15) is 0 Å². The molecule has 0 saturated carbocycles. The number of nitrogens with two attached hydrogens (primary N) is 1. The van der Waals surface area contributed by atoms with Gasteiger partial charge in [0, 0.05) is 6.42 Å². The number of nitrogens with zero attached hydrogens (tertiary/aromatic N) is 5. The minimum absolute atomic E-state index is 0.107. The smallest absolute Gasteiger partial charge is 0.332 e. The molecule has 1 unspecified atom stereocenters. The van der Waals surface area contributed by atoms with E-state index in [1.54, 1.807) is 0 Å². The van der Waals surface area contributed by atoms with Crippen molar-refractivity contribution in [1.29, 1.82) is 0 Å². The number of anilines is 1. The van der Waals surface area contributed by atoms with Gasteiger partial charge in [0.25, 0.3) is 0 Å². The molecule has 2 aromatic rings. The van der Waals surface area contributed by atoms with Crippen LogP contribution in [0.2, 0.25) is 0 Å². The molecule has 3 heterocycles. The van der Waals surface area contributed by atoms with Crippen LogP contribution in [0.1, 0.15) is 12.6 Å². The van der Waals surface area contributed by atoms with Gasteiger partial charge in [0.15, 0.2) is 23.7 Å². The SMILES string of the molecule is C[S+](CC[C@H](N=O)C(=O)O)C[C@H]1O[C@@H](n2cnc3c(N)ncnc32)[C@H](O)[C@@H]1O. The summed E-state index contributed by atoms with van der Waals surface area (Å²) in [6.45, 7) is 0. The number of aromatic nitrogens is 4. The Morgan fingerprint density at radius 1 is 1.39 bits per heavy atom. The van der Waals surface area contributed by atoms with Crippen LogP contribution in [-0.4, -0.2) is 82.9 Å². The van der Waals surface area contributed by atoms with Gasteiger partial charge in [0.05, 0.1) is 12.6 Å². The highest BCUT2D eigenvalue weighted by molar-refractivity contribution is 7.96. The van der Waals surface area contributed by atoms with Crippen LogP contribution < -0.4 is 5.73 Å². The van der Waals surface area contributed by atoms with Gasteiger partial charge in [-0.3, -0.25) is 4.57 Å². The van der Waals surface area contributed by atoms with E-state index >= 15 is 0 Å². The summed E-state index contributed by atoms with van der Waals surface area (Å²) in [5.41, 5.74) is 6.51. The Bertz CT molecular complexity index is 865. The summed E-state index contributed by atoms with van der Waals surface area (Å²) in [4.78, 5) is 33.5. The number of carboxylic acids is 1. The van der Waals surface area contributed by atoms with Crippen LogP contribution in [0.3, 0.4) is 0 Å². The molecule has 0 aliphatic carbocycles. The average Bonchev–Trinajstić information content (AvgIpc) is 3.19. The molecular formula is C15H21N6O6S+. The molecule has 3 rings (SSSR count). The molecule has 6 atom stereocenters. The van der Waals surface area contributed by atoms with Crippen molar-refractivity contribution in [3.63, 3.8) is 0 Å². The summed E-state index contributed by atoms with van der Waals surface area (Å²) in [6.07, 6.45) is 0.744. The first-order valence-electron chi connectivity index (χ1n) is 8.42. The van der Waals surface area contributed by atoms with Crippen molar-refractivity contribution in [3.05, 3.63) is 17.6 Å². The van der Waals surface area contributed by atoms with E-state index in [1.165, 1.54) is 17.2 Å². The number of ether oxygens (including phenoxy) is 1. The molecule has 12 nitrogen and oxygen atoms in total. The molecule has 152 valence electrons. The Kier molecular flexibility index (Phi) is 6.07. The second kappa shape index (κ2) is 8.34. The van der Waals surface area contributed by atoms with E-state index in [4.69, 9.17) is 15.6 Å². The minimum atomic E-state index is -1.29. The minimum Gasteiger partial charge on any atom is -0.480 e. The lowest BCUT2D eigenvalue weighted by atomic mass is 10.1. The zero-order valence-electron chi connectivity index (χ0n) is 15.0. The number of hydrogen-bond acceptors (Lipinski definition) is 10. The predicted octanol–water partition coefficient (Wildman–Crippen LogP) is -1.11. The number of nitroso groups, excluding NO2 is 1. The van der Waals surface area contributed by atoms with Gasteiger partial charge in [-0.05, 0) is 10.9 Å². The maximum Gasteiger partial charge on any atom is 0.332 e. The average molecular weight is 413 g/mol. The van der Waals surface area contributed by atoms with Gasteiger partial charge in [-0.1, -0.05) is 5.18 Å². The first-order chi connectivity index (χ1) is 13.3. The Balaban J connectivity index is 1.67. The van der Waals surface area contributed by atoms with Crippen LogP contribution in [0.15, 0.2) is 17.8 Å². The van der Waals surface area contributed by atoms with Crippen molar-refractivity contribution < 1.29 is 24.9 Å². The third kappa shape index (κ3) is 3.92. The number of nitrogen functional groups attached to an aromatic ring is 1. The highest BCUT2D eigenvalue weighted by Crippen LogP contribution is 2.32. The lowest BCUT2D eigenvalue weighted by Crippen LogP contribution is -2.36. The first kappa shape index (κ1) is 20.4. The fourth-order valence-corrected chi connectivity index (χ4v) is 4.68. The van der Waals surface area contributed by atoms with Crippen LogP contribution in [0.4, 0.5) is 5.82 Å². The maximum absolute atomic E-state index is 10.9. The van der Waals surface area contributed by atoms with E-state index in [1.807, 2.05) is 6.26 Å². The number of carboxylic acid groups (broad SMARTS) is 1. The summed E-state index contributed by atoms with van der Waals surface area (Å²) >= 11 is 0. The van der Waals surface area contributed by atoms with Crippen molar-refractivity contribution in [2.75, 3.05) is 23.5 Å². The number of rotatable bonds is 8. The lowest BCUT2D eigenvalue weighted by molar-refractivity contribution is -0.138. The summed E-state index contributed by atoms with van der Waals surface area (Å²) in [5, 5.41) is 32.3. The van der Waals surface area contributed by atoms with Crippen molar-refractivity contribution in [2.45, 2.75) is 37.0 Å². The summed E-state index contributed by atoms with van der Waals surface area (Å²) in [5.74, 6) is -0.231. The molecule has 0 amide bonds. The summed E-state index contributed by atoms with van der Waals surface area (Å²) in [7, 11) is -0.356. The second-order valence-corrected chi connectivity index (χ2v) is 8.83. The van der Waals surface area contributed by atoms with Gasteiger partial charge in [0.1, 0.15) is 41.7 Å². The van der Waals surface area contributed by atoms with Crippen LogP contribution >= 0.6 is 0 Å². The lowest BCUT2D eigenvalue weighted by Gasteiger charge is -2.16. The van der Waals surface area contributed by atoms with Gasteiger partial charge in [0.2, 0.25) is 0 Å². The number of aliphatic hydroxyl groups is 2. The third-order valence-electron chi connectivity index (χ3n) is 4.60. The zero-order chi connectivity index (χ0) is 20.4. The molecule has 0 aromatic carbocycles. The number of aliphatic carboxylic acids is 1. The largest absolute Gasteiger partial charge is 0.480 e. The predicted molar refractivity (Wildman–Crippen MR) is 101 cm³/mol. The zero-order valence-corrected chi connectivity index (χ0v) is 15.8. The molecule has 2 aromatic heterocycles. The third-order valence-corrected chi connectivity index (χ3v) is 6.43. The first-order valence-corrected chi connectivity index (χ1v) is 10.4. The number of fused-ring (bicyclic) bond motifs is 1. The molecule has 0 spiro atoms. The van der Waals surface area contributed by atoms with Crippen LogP contribution in [0, 0.1) is 4.91 Å². The quantitative estimate of drug-likeness (QED) is 0.305. The van der Waals surface area contributed by atoms with Gasteiger partial charge in [-0.15, -0.1) is 4.91 Å². The van der Waals surface area contributed by atoms with E-state index in [9.17, 15) is 19.9 Å². The van der Waals surface area contributed by atoms with Crippen molar-refractivity contribution in [1.82, 2.24) is 19.5 Å². The van der Waals surface area contributed by atoms with Crippen LogP contribution in [-0.2, 0) is 20.4 Å². The molecule has 0 bridgehead atoms. The van der Waals surface area contributed by atoms with E-state index in [0.717, 1.165) is 0 Å². The van der Waals surface area contributed by atoms with E-state index in [-0.39, 0.29) is 23.1 Å². The molecule has 1 aliphatic heterocycles. The number of carbonyl (C=O) groups is 1. The Hall–Kier alpha value is -2.35. The van der Waals surface area contributed by atoms with Crippen LogP contribution in [0.25, 0.3) is 11.2 Å². The molecule has 0 radical (unpaired) electrons. The molecule has 1 saturated heterocycles. The van der Waals surface area contributed by atoms with Crippen molar-refractivity contribution in [2.24, 2.45) is 5.18 Å². The Labute approximate surface area is 162 Å². The second-order valence-electron chi connectivity index (χ2n) is 6.53. The fraction of sp³-hybridized carbons (Fsp3) is 0.600. The number of aliphatic hydroxyl groups excluding tert-OH is 2. The Morgan fingerprint density at radius 2 is 2.14 bits per heavy atom. The molecule has 28 heavy (non-hydrogen) atoms.